The Kier molecular flexibility index (Phi) is 5.84. The zero-order valence-corrected chi connectivity index (χ0v) is 15.6. The molecule has 2 aromatic rings. The van der Waals surface area contributed by atoms with Gasteiger partial charge in [-0.05, 0) is 30.8 Å². The standard InChI is InChI=1S/C19H21Cl2N3O/c1-23-9-11-24(12-10-23)18(25)13-14-5-2-3-8-17(14)22-19-15(20)6-4-7-16(19)21/h2-8,22H,9-13H2,1H3. The van der Waals surface area contributed by atoms with E-state index >= 15 is 0 Å². The van der Waals surface area contributed by atoms with Crippen molar-refractivity contribution in [1.82, 2.24) is 9.80 Å². The van der Waals surface area contributed by atoms with Gasteiger partial charge in [0.25, 0.3) is 0 Å². The van der Waals surface area contributed by atoms with Crippen molar-refractivity contribution in [3.8, 4) is 0 Å². The smallest absolute Gasteiger partial charge is 0.227 e. The third kappa shape index (κ3) is 4.46. The molecule has 1 aliphatic heterocycles. The number of likely N-dealkylation sites (N-methyl/N-ethyl adjacent to an activating group) is 1. The number of hydrogen-bond donors (Lipinski definition) is 1. The lowest BCUT2D eigenvalue weighted by Crippen LogP contribution is -2.47. The first-order chi connectivity index (χ1) is 12.0. The first-order valence-corrected chi connectivity index (χ1v) is 9.05. The van der Waals surface area contributed by atoms with E-state index in [0.717, 1.165) is 37.4 Å². The molecule has 4 nitrogen and oxygen atoms in total. The number of rotatable bonds is 4. The molecule has 2 aromatic carbocycles. The van der Waals surface area contributed by atoms with Crippen LogP contribution in [0.15, 0.2) is 42.5 Å². The average Bonchev–Trinajstić information content (AvgIpc) is 2.60. The minimum atomic E-state index is 0.146. The fourth-order valence-electron chi connectivity index (χ4n) is 2.88. The van der Waals surface area contributed by atoms with Gasteiger partial charge in [-0.1, -0.05) is 47.5 Å². The first kappa shape index (κ1) is 18.1. The van der Waals surface area contributed by atoms with Gasteiger partial charge in [-0.25, -0.2) is 0 Å². The van der Waals surface area contributed by atoms with Gasteiger partial charge in [-0.3, -0.25) is 4.79 Å². The fourth-order valence-corrected chi connectivity index (χ4v) is 3.37. The number of benzene rings is 2. The van der Waals surface area contributed by atoms with Gasteiger partial charge in [0.05, 0.1) is 22.2 Å². The van der Waals surface area contributed by atoms with E-state index in [0.29, 0.717) is 22.2 Å². The number of halogens is 2. The Morgan fingerprint density at radius 2 is 1.64 bits per heavy atom. The van der Waals surface area contributed by atoms with Gasteiger partial charge in [0.1, 0.15) is 0 Å². The highest BCUT2D eigenvalue weighted by molar-refractivity contribution is 6.39. The molecular weight excluding hydrogens is 357 g/mol. The van der Waals surface area contributed by atoms with E-state index in [4.69, 9.17) is 23.2 Å². The number of amides is 1. The highest BCUT2D eigenvalue weighted by Gasteiger charge is 2.20. The van der Waals surface area contributed by atoms with Gasteiger partial charge >= 0.3 is 0 Å². The van der Waals surface area contributed by atoms with Gasteiger partial charge in [-0.2, -0.15) is 0 Å². The largest absolute Gasteiger partial charge is 0.353 e. The second-order valence-corrected chi connectivity index (χ2v) is 7.05. The zero-order chi connectivity index (χ0) is 17.8. The predicted octanol–water partition coefficient (Wildman–Crippen LogP) is 4.05. The molecule has 0 aliphatic carbocycles. The molecule has 0 unspecified atom stereocenters. The molecule has 25 heavy (non-hydrogen) atoms. The molecule has 132 valence electrons. The summed E-state index contributed by atoms with van der Waals surface area (Å²) in [5.41, 5.74) is 2.44. The Bertz CT molecular complexity index is 738. The summed E-state index contributed by atoms with van der Waals surface area (Å²) >= 11 is 12.5. The first-order valence-electron chi connectivity index (χ1n) is 8.30. The van der Waals surface area contributed by atoms with Crippen LogP contribution in [-0.2, 0) is 11.2 Å². The number of nitrogens with one attached hydrogen (secondary N) is 1. The summed E-state index contributed by atoms with van der Waals surface area (Å²) in [5, 5.41) is 4.38. The molecule has 1 saturated heterocycles. The summed E-state index contributed by atoms with van der Waals surface area (Å²) in [5.74, 6) is 0.146. The van der Waals surface area contributed by atoms with Crippen molar-refractivity contribution in [2.24, 2.45) is 0 Å². The number of carbonyl (C=O) groups is 1. The maximum absolute atomic E-state index is 12.6. The second-order valence-electron chi connectivity index (χ2n) is 6.24. The van der Waals surface area contributed by atoms with E-state index in [-0.39, 0.29) is 5.91 Å². The summed E-state index contributed by atoms with van der Waals surface area (Å²) in [6.07, 6.45) is 0.356. The van der Waals surface area contributed by atoms with Crippen molar-refractivity contribution in [1.29, 1.82) is 0 Å². The van der Waals surface area contributed by atoms with E-state index < -0.39 is 0 Å². The average molecular weight is 378 g/mol. The lowest BCUT2D eigenvalue weighted by molar-refractivity contribution is -0.132. The molecule has 1 aliphatic rings. The maximum atomic E-state index is 12.6. The van der Waals surface area contributed by atoms with Crippen molar-refractivity contribution in [3.63, 3.8) is 0 Å². The van der Waals surface area contributed by atoms with Crippen LogP contribution in [0, 0.1) is 0 Å². The molecule has 3 rings (SSSR count). The highest BCUT2D eigenvalue weighted by Crippen LogP contribution is 2.33. The minimum absolute atomic E-state index is 0.146. The van der Waals surface area contributed by atoms with Crippen LogP contribution in [0.5, 0.6) is 0 Å². The van der Waals surface area contributed by atoms with Crippen molar-refractivity contribution in [3.05, 3.63) is 58.1 Å². The molecule has 0 atom stereocenters. The van der Waals surface area contributed by atoms with Crippen LogP contribution >= 0.6 is 23.2 Å². The Morgan fingerprint density at radius 1 is 1.00 bits per heavy atom. The molecule has 1 amide bonds. The van der Waals surface area contributed by atoms with Gasteiger partial charge in [0.2, 0.25) is 5.91 Å². The number of nitrogens with zero attached hydrogens (tertiary/aromatic N) is 2. The molecule has 1 heterocycles. The topological polar surface area (TPSA) is 35.6 Å². The number of piperazine rings is 1. The normalized spacial score (nSPS) is 15.2. The summed E-state index contributed by atoms with van der Waals surface area (Å²) < 4.78 is 0. The minimum Gasteiger partial charge on any atom is -0.353 e. The van der Waals surface area contributed by atoms with Crippen molar-refractivity contribution in [2.75, 3.05) is 38.5 Å². The monoisotopic (exact) mass is 377 g/mol. The lowest BCUT2D eigenvalue weighted by Gasteiger charge is -2.32. The Labute approximate surface area is 158 Å². The lowest BCUT2D eigenvalue weighted by atomic mass is 10.1. The SMILES string of the molecule is CN1CCN(C(=O)Cc2ccccc2Nc2c(Cl)cccc2Cl)CC1. The molecular formula is C19H21Cl2N3O. The van der Waals surface area contributed by atoms with Gasteiger partial charge in [-0.15, -0.1) is 0 Å². The van der Waals surface area contributed by atoms with E-state index in [2.05, 4.69) is 17.3 Å². The van der Waals surface area contributed by atoms with Crippen LogP contribution in [0.1, 0.15) is 5.56 Å². The van der Waals surface area contributed by atoms with Crippen LogP contribution in [0.2, 0.25) is 10.0 Å². The Balaban J connectivity index is 1.76. The summed E-state index contributed by atoms with van der Waals surface area (Å²) in [4.78, 5) is 16.8. The zero-order valence-electron chi connectivity index (χ0n) is 14.1. The molecule has 0 spiro atoms. The van der Waals surface area contributed by atoms with Crippen LogP contribution in [0.25, 0.3) is 0 Å². The van der Waals surface area contributed by atoms with Crippen LogP contribution in [-0.4, -0.2) is 48.9 Å². The van der Waals surface area contributed by atoms with Crippen molar-refractivity contribution >= 4 is 40.5 Å². The molecule has 0 radical (unpaired) electrons. The van der Waals surface area contributed by atoms with E-state index in [9.17, 15) is 4.79 Å². The summed E-state index contributed by atoms with van der Waals surface area (Å²) in [6.45, 7) is 3.39. The molecule has 0 saturated carbocycles. The summed E-state index contributed by atoms with van der Waals surface area (Å²) in [6, 6.07) is 13.1. The Hall–Kier alpha value is -1.75. The summed E-state index contributed by atoms with van der Waals surface area (Å²) in [7, 11) is 2.08. The van der Waals surface area contributed by atoms with Gasteiger partial charge < -0.3 is 15.1 Å². The maximum Gasteiger partial charge on any atom is 0.227 e. The predicted molar refractivity (Wildman–Crippen MR) is 104 cm³/mol. The van der Waals surface area contributed by atoms with Crippen molar-refractivity contribution < 1.29 is 4.79 Å². The van der Waals surface area contributed by atoms with Crippen LogP contribution in [0.3, 0.4) is 0 Å². The van der Waals surface area contributed by atoms with Gasteiger partial charge in [0, 0.05) is 31.9 Å². The van der Waals surface area contributed by atoms with E-state index in [1.807, 2.05) is 29.2 Å². The number of carbonyl (C=O) groups excluding carboxylic acids is 1. The number of hydrogen-bond acceptors (Lipinski definition) is 3. The molecule has 0 aromatic heterocycles. The molecule has 0 bridgehead atoms. The molecule has 1 N–H and O–H groups in total. The third-order valence-corrected chi connectivity index (χ3v) is 5.07. The van der Waals surface area contributed by atoms with Crippen LogP contribution in [0.4, 0.5) is 11.4 Å². The quantitative estimate of drug-likeness (QED) is 0.872. The number of para-hydroxylation sites is 2. The second kappa shape index (κ2) is 8.09. The van der Waals surface area contributed by atoms with Crippen LogP contribution < -0.4 is 5.32 Å². The number of anilines is 2. The van der Waals surface area contributed by atoms with Gasteiger partial charge in [0.15, 0.2) is 0 Å². The third-order valence-electron chi connectivity index (χ3n) is 4.44. The highest BCUT2D eigenvalue weighted by atomic mass is 35.5. The van der Waals surface area contributed by atoms with E-state index in [1.165, 1.54) is 0 Å². The Morgan fingerprint density at radius 3 is 2.32 bits per heavy atom. The van der Waals surface area contributed by atoms with Crippen molar-refractivity contribution in [2.45, 2.75) is 6.42 Å². The van der Waals surface area contributed by atoms with E-state index in [1.54, 1.807) is 18.2 Å². The fraction of sp³-hybridized carbons (Fsp3) is 0.316. The molecule has 1 fully saturated rings. The molecule has 6 heteroatoms.